The lowest BCUT2D eigenvalue weighted by molar-refractivity contribution is 0.102. The van der Waals surface area contributed by atoms with E-state index in [4.69, 9.17) is 11.6 Å². The van der Waals surface area contributed by atoms with Gasteiger partial charge in [-0.15, -0.1) is 0 Å². The molecule has 0 aliphatic carbocycles. The second-order valence-electron chi connectivity index (χ2n) is 6.17. The molecule has 0 radical (unpaired) electrons. The molecule has 0 spiro atoms. The van der Waals surface area contributed by atoms with Gasteiger partial charge in [-0.05, 0) is 42.7 Å². The Morgan fingerprint density at radius 1 is 1.12 bits per heavy atom. The summed E-state index contributed by atoms with van der Waals surface area (Å²) in [5.41, 5.74) is 4.32. The first kappa shape index (κ1) is 16.5. The van der Waals surface area contributed by atoms with E-state index in [9.17, 15) is 4.79 Å². The topological polar surface area (TPSA) is 58.1 Å². The standard InChI is InChI=1S/C20H17ClN4O/c1-13-16(21)6-4-7-17(13)24-19(26)15-11-22-20(23-12-15)25-10-9-14-5-2-3-8-18(14)25/h2-8,11-12H,9-10H2,1H3,(H,24,26). The SMILES string of the molecule is Cc1c(Cl)cccc1NC(=O)c1cnc(N2CCc3ccccc32)nc1. The van der Waals surface area contributed by atoms with E-state index >= 15 is 0 Å². The predicted octanol–water partition coefficient (Wildman–Crippen LogP) is 4.38. The summed E-state index contributed by atoms with van der Waals surface area (Å²) in [5, 5.41) is 3.47. The lowest BCUT2D eigenvalue weighted by Crippen LogP contribution is -2.18. The van der Waals surface area contributed by atoms with Crippen LogP contribution < -0.4 is 10.2 Å². The van der Waals surface area contributed by atoms with E-state index in [1.807, 2.05) is 25.1 Å². The molecule has 6 heteroatoms. The zero-order chi connectivity index (χ0) is 18.1. The van der Waals surface area contributed by atoms with Gasteiger partial charge in [-0.25, -0.2) is 9.97 Å². The Kier molecular flexibility index (Phi) is 4.31. The Bertz CT molecular complexity index is 972. The maximum Gasteiger partial charge on any atom is 0.258 e. The molecule has 4 rings (SSSR count). The van der Waals surface area contributed by atoms with Crippen LogP contribution in [0.3, 0.4) is 0 Å². The molecule has 130 valence electrons. The molecule has 1 aliphatic rings. The van der Waals surface area contributed by atoms with Crippen LogP contribution in [0.25, 0.3) is 0 Å². The summed E-state index contributed by atoms with van der Waals surface area (Å²) in [6, 6.07) is 13.6. The fourth-order valence-electron chi connectivity index (χ4n) is 3.06. The number of para-hydroxylation sites is 1. The molecule has 1 amide bonds. The number of aromatic nitrogens is 2. The molecule has 1 aliphatic heterocycles. The molecule has 0 unspecified atom stereocenters. The van der Waals surface area contributed by atoms with E-state index in [0.29, 0.717) is 22.2 Å². The predicted molar refractivity (Wildman–Crippen MR) is 103 cm³/mol. The van der Waals surface area contributed by atoms with Gasteiger partial charge in [-0.2, -0.15) is 0 Å². The van der Waals surface area contributed by atoms with Crippen LogP contribution in [0.4, 0.5) is 17.3 Å². The zero-order valence-electron chi connectivity index (χ0n) is 14.2. The minimum Gasteiger partial charge on any atom is -0.322 e. The van der Waals surface area contributed by atoms with Crippen molar-refractivity contribution >= 4 is 34.8 Å². The first-order valence-corrected chi connectivity index (χ1v) is 8.75. The number of nitrogens with one attached hydrogen (secondary N) is 1. The maximum absolute atomic E-state index is 12.5. The second kappa shape index (κ2) is 6.77. The Morgan fingerprint density at radius 2 is 1.88 bits per heavy atom. The van der Waals surface area contributed by atoms with Crippen molar-refractivity contribution in [1.29, 1.82) is 0 Å². The molecule has 0 saturated carbocycles. The third kappa shape index (κ3) is 3.02. The summed E-state index contributed by atoms with van der Waals surface area (Å²) in [4.78, 5) is 23.3. The molecule has 0 atom stereocenters. The molecule has 0 bridgehead atoms. The number of hydrogen-bond acceptors (Lipinski definition) is 4. The summed E-state index contributed by atoms with van der Waals surface area (Å²) in [6.07, 6.45) is 4.08. The van der Waals surface area contributed by atoms with Gasteiger partial charge in [-0.1, -0.05) is 35.9 Å². The molecule has 1 aromatic heterocycles. The highest BCUT2D eigenvalue weighted by molar-refractivity contribution is 6.31. The number of fused-ring (bicyclic) bond motifs is 1. The molecule has 0 fully saturated rings. The number of carbonyl (C=O) groups excluding carboxylic acids is 1. The summed E-state index contributed by atoms with van der Waals surface area (Å²) < 4.78 is 0. The van der Waals surface area contributed by atoms with Gasteiger partial charge in [0.25, 0.3) is 5.91 Å². The molecular formula is C20H17ClN4O. The van der Waals surface area contributed by atoms with Crippen molar-refractivity contribution in [2.24, 2.45) is 0 Å². The van der Waals surface area contributed by atoms with Gasteiger partial charge in [0.2, 0.25) is 5.95 Å². The summed E-state index contributed by atoms with van der Waals surface area (Å²) in [5.74, 6) is 0.342. The lowest BCUT2D eigenvalue weighted by Gasteiger charge is -2.17. The first-order chi connectivity index (χ1) is 12.6. The number of hydrogen-bond donors (Lipinski definition) is 1. The van der Waals surface area contributed by atoms with Crippen LogP contribution >= 0.6 is 11.6 Å². The minimum atomic E-state index is -0.260. The maximum atomic E-state index is 12.5. The Labute approximate surface area is 156 Å². The summed E-state index contributed by atoms with van der Waals surface area (Å²) >= 11 is 6.10. The van der Waals surface area contributed by atoms with Crippen molar-refractivity contribution < 1.29 is 4.79 Å². The molecule has 1 N–H and O–H groups in total. The largest absolute Gasteiger partial charge is 0.322 e. The zero-order valence-corrected chi connectivity index (χ0v) is 15.0. The fraction of sp³-hybridized carbons (Fsp3) is 0.150. The van der Waals surface area contributed by atoms with Gasteiger partial charge in [0.15, 0.2) is 0 Å². The van der Waals surface area contributed by atoms with E-state index in [1.165, 1.54) is 5.56 Å². The van der Waals surface area contributed by atoms with E-state index in [1.54, 1.807) is 24.5 Å². The molecule has 5 nitrogen and oxygen atoms in total. The van der Waals surface area contributed by atoms with Crippen molar-refractivity contribution in [1.82, 2.24) is 9.97 Å². The molecule has 2 aromatic carbocycles. The van der Waals surface area contributed by atoms with Crippen molar-refractivity contribution in [3.63, 3.8) is 0 Å². The quantitative estimate of drug-likeness (QED) is 0.749. The number of rotatable bonds is 3. The number of anilines is 3. The number of benzene rings is 2. The molecule has 26 heavy (non-hydrogen) atoms. The van der Waals surface area contributed by atoms with Crippen molar-refractivity contribution in [3.8, 4) is 0 Å². The van der Waals surface area contributed by atoms with Crippen LogP contribution in [0.1, 0.15) is 21.5 Å². The van der Waals surface area contributed by atoms with Crippen LogP contribution in [0.15, 0.2) is 54.9 Å². The summed E-state index contributed by atoms with van der Waals surface area (Å²) in [6.45, 7) is 2.70. The van der Waals surface area contributed by atoms with Gasteiger partial charge in [0, 0.05) is 35.3 Å². The van der Waals surface area contributed by atoms with Gasteiger partial charge in [0.1, 0.15) is 0 Å². The van der Waals surface area contributed by atoms with Crippen LogP contribution in [-0.2, 0) is 6.42 Å². The van der Waals surface area contributed by atoms with E-state index in [0.717, 1.165) is 24.2 Å². The fourth-order valence-corrected chi connectivity index (χ4v) is 3.24. The van der Waals surface area contributed by atoms with Gasteiger partial charge < -0.3 is 10.2 Å². The van der Waals surface area contributed by atoms with Gasteiger partial charge in [-0.3, -0.25) is 4.79 Å². The number of carbonyl (C=O) groups is 1. The van der Waals surface area contributed by atoms with Crippen molar-refractivity contribution in [3.05, 3.63) is 76.6 Å². The van der Waals surface area contributed by atoms with E-state index in [-0.39, 0.29) is 5.91 Å². The second-order valence-corrected chi connectivity index (χ2v) is 6.58. The highest BCUT2D eigenvalue weighted by Gasteiger charge is 2.22. The lowest BCUT2D eigenvalue weighted by atomic mass is 10.2. The van der Waals surface area contributed by atoms with Gasteiger partial charge in [0.05, 0.1) is 5.56 Å². The van der Waals surface area contributed by atoms with Crippen molar-refractivity contribution in [2.45, 2.75) is 13.3 Å². The average molecular weight is 365 g/mol. The molecule has 0 saturated heterocycles. The Morgan fingerprint density at radius 3 is 2.69 bits per heavy atom. The van der Waals surface area contributed by atoms with E-state index < -0.39 is 0 Å². The Hall–Kier alpha value is -2.92. The van der Waals surface area contributed by atoms with Crippen molar-refractivity contribution in [2.75, 3.05) is 16.8 Å². The molecule has 2 heterocycles. The van der Waals surface area contributed by atoms with Crippen LogP contribution in [0, 0.1) is 6.92 Å². The number of halogens is 1. The average Bonchev–Trinajstić information content (AvgIpc) is 3.10. The first-order valence-electron chi connectivity index (χ1n) is 8.37. The van der Waals surface area contributed by atoms with Crippen LogP contribution in [0.5, 0.6) is 0 Å². The smallest absolute Gasteiger partial charge is 0.258 e. The summed E-state index contributed by atoms with van der Waals surface area (Å²) in [7, 11) is 0. The molecular weight excluding hydrogens is 348 g/mol. The van der Waals surface area contributed by atoms with Gasteiger partial charge >= 0.3 is 0 Å². The minimum absolute atomic E-state index is 0.260. The molecule has 3 aromatic rings. The van der Waals surface area contributed by atoms with E-state index in [2.05, 4.69) is 32.3 Å². The third-order valence-electron chi connectivity index (χ3n) is 4.54. The highest BCUT2D eigenvalue weighted by atomic mass is 35.5. The third-order valence-corrected chi connectivity index (χ3v) is 4.95. The van der Waals surface area contributed by atoms with Crippen LogP contribution in [-0.4, -0.2) is 22.4 Å². The normalized spacial score (nSPS) is 12.8. The van der Waals surface area contributed by atoms with Crippen LogP contribution in [0.2, 0.25) is 5.02 Å². The monoisotopic (exact) mass is 364 g/mol. The number of nitrogens with zero attached hydrogens (tertiary/aromatic N) is 3. The highest BCUT2D eigenvalue weighted by Crippen LogP contribution is 2.32. The Balaban J connectivity index is 1.53. The number of amides is 1.